The second-order valence-corrected chi connectivity index (χ2v) is 5.47. The van der Waals surface area contributed by atoms with Gasteiger partial charge in [0.2, 0.25) is 0 Å². The molecule has 0 bridgehead atoms. The van der Waals surface area contributed by atoms with E-state index in [0.717, 1.165) is 23.0 Å². The molecule has 1 aliphatic rings. The van der Waals surface area contributed by atoms with Crippen LogP contribution in [0.3, 0.4) is 0 Å². The topological polar surface area (TPSA) is 41.6 Å². The summed E-state index contributed by atoms with van der Waals surface area (Å²) < 4.78 is 6.53. The third-order valence-corrected chi connectivity index (χ3v) is 3.94. The highest BCUT2D eigenvalue weighted by Crippen LogP contribution is 2.19. The molecule has 2 rings (SSSR count). The fourth-order valence-electron chi connectivity index (χ4n) is 2.19. The summed E-state index contributed by atoms with van der Waals surface area (Å²) in [6.45, 7) is 2.85. The number of nitrogens with one attached hydrogen (secondary N) is 1. The Balaban J connectivity index is 2.01. The van der Waals surface area contributed by atoms with Gasteiger partial charge in [0, 0.05) is 17.6 Å². The van der Waals surface area contributed by atoms with Crippen molar-refractivity contribution >= 4 is 21.8 Å². The van der Waals surface area contributed by atoms with Gasteiger partial charge in [0.05, 0.1) is 18.3 Å². The molecular formula is C14H19BrN2O2. The third kappa shape index (κ3) is 3.78. The number of amides is 1. The molecule has 0 saturated carbocycles. The monoisotopic (exact) mass is 326 g/mol. The highest BCUT2D eigenvalue weighted by molar-refractivity contribution is 9.10. The van der Waals surface area contributed by atoms with Crippen molar-refractivity contribution in [2.24, 2.45) is 0 Å². The second kappa shape index (κ2) is 7.03. The van der Waals surface area contributed by atoms with Crippen molar-refractivity contribution < 1.29 is 9.53 Å². The van der Waals surface area contributed by atoms with Crippen LogP contribution in [0, 0.1) is 0 Å². The van der Waals surface area contributed by atoms with Gasteiger partial charge in [-0.05, 0) is 48.1 Å². The summed E-state index contributed by atoms with van der Waals surface area (Å²) >= 11 is 3.43. The Hall–Kier alpha value is -0.910. The van der Waals surface area contributed by atoms with E-state index in [-0.39, 0.29) is 12.0 Å². The first-order valence-electron chi connectivity index (χ1n) is 6.52. The molecule has 1 aromatic rings. The van der Waals surface area contributed by atoms with E-state index in [0.29, 0.717) is 19.7 Å². The molecule has 1 aliphatic heterocycles. The maximum absolute atomic E-state index is 12.5. The zero-order chi connectivity index (χ0) is 13.7. The number of rotatable bonds is 4. The SMILES string of the molecule is CNCCC1CN(C(=O)c2ccccc2Br)CCO1. The Morgan fingerprint density at radius 1 is 1.53 bits per heavy atom. The predicted molar refractivity (Wildman–Crippen MR) is 78.3 cm³/mol. The van der Waals surface area contributed by atoms with Crippen LogP contribution in [0.25, 0.3) is 0 Å². The maximum Gasteiger partial charge on any atom is 0.255 e. The van der Waals surface area contributed by atoms with Gasteiger partial charge >= 0.3 is 0 Å². The van der Waals surface area contributed by atoms with Gasteiger partial charge in [-0.3, -0.25) is 4.79 Å². The summed E-state index contributed by atoms with van der Waals surface area (Å²) in [6.07, 6.45) is 1.06. The maximum atomic E-state index is 12.5. The largest absolute Gasteiger partial charge is 0.374 e. The van der Waals surface area contributed by atoms with Crippen molar-refractivity contribution in [3.8, 4) is 0 Å². The summed E-state index contributed by atoms with van der Waals surface area (Å²) in [4.78, 5) is 14.3. The van der Waals surface area contributed by atoms with Gasteiger partial charge in [-0.2, -0.15) is 0 Å². The van der Waals surface area contributed by atoms with E-state index in [1.54, 1.807) is 0 Å². The van der Waals surface area contributed by atoms with Crippen LogP contribution in [0.4, 0.5) is 0 Å². The van der Waals surface area contributed by atoms with Crippen molar-refractivity contribution in [2.45, 2.75) is 12.5 Å². The number of hydrogen-bond acceptors (Lipinski definition) is 3. The van der Waals surface area contributed by atoms with Gasteiger partial charge in [0.1, 0.15) is 0 Å². The van der Waals surface area contributed by atoms with E-state index >= 15 is 0 Å². The average molecular weight is 327 g/mol. The van der Waals surface area contributed by atoms with E-state index < -0.39 is 0 Å². The number of morpholine rings is 1. The molecule has 0 aliphatic carbocycles. The quantitative estimate of drug-likeness (QED) is 0.918. The first-order chi connectivity index (χ1) is 9.22. The minimum absolute atomic E-state index is 0.0743. The van der Waals surface area contributed by atoms with E-state index in [1.165, 1.54) is 0 Å². The van der Waals surface area contributed by atoms with Crippen LogP contribution in [-0.4, -0.2) is 50.2 Å². The molecule has 1 heterocycles. The van der Waals surface area contributed by atoms with Gasteiger partial charge in [-0.1, -0.05) is 12.1 Å². The molecular weight excluding hydrogens is 308 g/mol. The highest BCUT2D eigenvalue weighted by Gasteiger charge is 2.25. The summed E-state index contributed by atoms with van der Waals surface area (Å²) in [7, 11) is 1.92. The van der Waals surface area contributed by atoms with Crippen LogP contribution in [0.1, 0.15) is 16.8 Å². The molecule has 1 aromatic carbocycles. The van der Waals surface area contributed by atoms with Crippen molar-refractivity contribution in [2.75, 3.05) is 33.3 Å². The predicted octanol–water partition coefficient (Wildman–Crippen LogP) is 1.90. The van der Waals surface area contributed by atoms with Crippen LogP contribution in [0.2, 0.25) is 0 Å². The first kappa shape index (κ1) is 14.5. The lowest BCUT2D eigenvalue weighted by Crippen LogP contribution is -2.46. The van der Waals surface area contributed by atoms with Crippen LogP contribution >= 0.6 is 15.9 Å². The molecule has 1 fully saturated rings. The Morgan fingerprint density at radius 2 is 2.32 bits per heavy atom. The van der Waals surface area contributed by atoms with Gasteiger partial charge < -0.3 is 15.0 Å². The summed E-state index contributed by atoms with van der Waals surface area (Å²) in [5, 5.41) is 3.11. The van der Waals surface area contributed by atoms with Gasteiger partial charge in [-0.25, -0.2) is 0 Å². The van der Waals surface area contributed by atoms with Gasteiger partial charge in [0.15, 0.2) is 0 Å². The Kier molecular flexibility index (Phi) is 5.36. The summed E-state index contributed by atoms with van der Waals surface area (Å²) in [5.41, 5.74) is 0.719. The fourth-order valence-corrected chi connectivity index (χ4v) is 2.64. The standard InChI is InChI=1S/C14H19BrN2O2/c1-16-7-6-11-10-17(8-9-19-11)14(18)12-4-2-3-5-13(12)15/h2-5,11,16H,6-10H2,1H3. The molecule has 19 heavy (non-hydrogen) atoms. The molecule has 0 radical (unpaired) electrons. The number of nitrogens with zero attached hydrogens (tertiary/aromatic N) is 1. The molecule has 4 nitrogen and oxygen atoms in total. The fraction of sp³-hybridized carbons (Fsp3) is 0.500. The van der Waals surface area contributed by atoms with E-state index in [4.69, 9.17) is 4.74 Å². The normalized spacial score (nSPS) is 19.5. The molecule has 1 atom stereocenters. The second-order valence-electron chi connectivity index (χ2n) is 4.62. The van der Waals surface area contributed by atoms with E-state index in [2.05, 4.69) is 21.2 Å². The molecule has 0 aromatic heterocycles. The first-order valence-corrected chi connectivity index (χ1v) is 7.31. The minimum Gasteiger partial charge on any atom is -0.374 e. The van der Waals surface area contributed by atoms with Crippen molar-refractivity contribution in [1.29, 1.82) is 0 Å². The minimum atomic E-state index is 0.0743. The van der Waals surface area contributed by atoms with Crippen LogP contribution < -0.4 is 5.32 Å². The Labute approximate surface area is 122 Å². The number of ether oxygens (including phenoxy) is 1. The zero-order valence-electron chi connectivity index (χ0n) is 11.1. The number of carbonyl (C=O) groups is 1. The van der Waals surface area contributed by atoms with Crippen LogP contribution in [0.5, 0.6) is 0 Å². The molecule has 1 unspecified atom stereocenters. The molecule has 1 N–H and O–H groups in total. The zero-order valence-corrected chi connectivity index (χ0v) is 12.6. The molecule has 1 saturated heterocycles. The summed E-state index contributed by atoms with van der Waals surface area (Å²) in [5.74, 6) is 0.0743. The lowest BCUT2D eigenvalue weighted by Gasteiger charge is -2.33. The van der Waals surface area contributed by atoms with Crippen molar-refractivity contribution in [3.63, 3.8) is 0 Å². The highest BCUT2D eigenvalue weighted by atomic mass is 79.9. The molecule has 0 spiro atoms. The van der Waals surface area contributed by atoms with E-state index in [1.807, 2.05) is 36.2 Å². The number of benzene rings is 1. The number of halogens is 1. The lowest BCUT2D eigenvalue weighted by molar-refractivity contribution is -0.0243. The van der Waals surface area contributed by atoms with Crippen molar-refractivity contribution in [1.82, 2.24) is 10.2 Å². The third-order valence-electron chi connectivity index (χ3n) is 3.25. The van der Waals surface area contributed by atoms with Crippen LogP contribution in [-0.2, 0) is 4.74 Å². The molecule has 5 heteroatoms. The lowest BCUT2D eigenvalue weighted by atomic mass is 10.1. The molecule has 104 valence electrons. The smallest absolute Gasteiger partial charge is 0.255 e. The van der Waals surface area contributed by atoms with Gasteiger partial charge in [0.25, 0.3) is 5.91 Å². The van der Waals surface area contributed by atoms with E-state index in [9.17, 15) is 4.79 Å². The Bertz CT molecular complexity index is 439. The number of carbonyl (C=O) groups excluding carboxylic acids is 1. The molecule has 1 amide bonds. The average Bonchev–Trinajstić information content (AvgIpc) is 2.45. The Morgan fingerprint density at radius 3 is 3.05 bits per heavy atom. The van der Waals surface area contributed by atoms with Crippen molar-refractivity contribution in [3.05, 3.63) is 34.3 Å². The number of hydrogen-bond donors (Lipinski definition) is 1. The summed E-state index contributed by atoms with van der Waals surface area (Å²) in [6, 6.07) is 7.55. The van der Waals surface area contributed by atoms with Gasteiger partial charge in [-0.15, -0.1) is 0 Å². The van der Waals surface area contributed by atoms with Crippen LogP contribution in [0.15, 0.2) is 28.7 Å².